The zero-order valence-corrected chi connectivity index (χ0v) is 12.2. The predicted octanol–water partition coefficient (Wildman–Crippen LogP) is 2.34. The Balaban J connectivity index is 1.65. The van der Waals surface area contributed by atoms with Gasteiger partial charge in [0.2, 0.25) is 0 Å². The van der Waals surface area contributed by atoms with E-state index < -0.39 is 0 Å². The van der Waals surface area contributed by atoms with Crippen LogP contribution in [-0.2, 0) is 0 Å². The maximum atomic E-state index is 12.4. The van der Waals surface area contributed by atoms with Crippen LogP contribution < -0.4 is 5.32 Å². The molecule has 1 aromatic carbocycles. The maximum Gasteiger partial charge on any atom is 0.252 e. The molecule has 2 aliphatic rings. The minimum absolute atomic E-state index is 0.0316. The number of rotatable bonds is 5. The van der Waals surface area contributed by atoms with E-state index in [0.29, 0.717) is 17.4 Å². The van der Waals surface area contributed by atoms with Gasteiger partial charge in [-0.05, 0) is 49.1 Å². The fourth-order valence-corrected chi connectivity index (χ4v) is 2.94. The van der Waals surface area contributed by atoms with Crippen molar-refractivity contribution in [2.45, 2.75) is 32.1 Å². The summed E-state index contributed by atoms with van der Waals surface area (Å²) in [5, 5.41) is 11.9. The normalized spacial score (nSPS) is 18.5. The molecule has 0 saturated heterocycles. The summed E-state index contributed by atoms with van der Waals surface area (Å²) in [6.07, 6.45) is 5.62. The first-order chi connectivity index (χ1) is 10.2. The van der Waals surface area contributed by atoms with E-state index in [1.165, 1.54) is 25.7 Å². The van der Waals surface area contributed by atoms with Crippen LogP contribution in [0.3, 0.4) is 0 Å². The third-order valence-electron chi connectivity index (χ3n) is 4.57. The van der Waals surface area contributed by atoms with Crippen LogP contribution in [0, 0.1) is 23.2 Å². The average molecular weight is 283 g/mol. The number of carbonyl (C=O) groups excluding carboxylic acids is 1. The smallest absolute Gasteiger partial charge is 0.252 e. The molecule has 0 aromatic heterocycles. The van der Waals surface area contributed by atoms with Crippen LogP contribution in [-0.4, -0.2) is 24.2 Å². The zero-order chi connectivity index (χ0) is 14.7. The molecular weight excluding hydrogens is 262 g/mol. The Kier molecular flexibility index (Phi) is 3.98. The molecule has 0 radical (unpaired) electrons. The molecule has 3 rings (SSSR count). The largest absolute Gasteiger partial charge is 0.395 e. The molecule has 0 unspecified atom stereocenters. The highest BCUT2D eigenvalue weighted by molar-refractivity contribution is 5.96. The van der Waals surface area contributed by atoms with Crippen LogP contribution >= 0.6 is 0 Å². The van der Waals surface area contributed by atoms with Gasteiger partial charge in [0.15, 0.2) is 0 Å². The molecule has 0 spiro atoms. The standard InChI is InChI=1S/C18H21NO2/c20-12-4-3-6-14-5-1-2-7-16(14)17(21)19-13-18(10-11-18)15-8-9-15/h1-2,5,7,15,20H,4,8-13H2,(H,19,21). The third-order valence-corrected chi connectivity index (χ3v) is 4.57. The molecule has 0 bridgehead atoms. The number of hydrogen-bond acceptors (Lipinski definition) is 2. The molecule has 0 heterocycles. The quantitative estimate of drug-likeness (QED) is 0.815. The van der Waals surface area contributed by atoms with Crippen molar-refractivity contribution in [1.29, 1.82) is 0 Å². The van der Waals surface area contributed by atoms with Crippen LogP contribution in [0.1, 0.15) is 48.0 Å². The summed E-state index contributed by atoms with van der Waals surface area (Å²) >= 11 is 0. The second-order valence-electron chi connectivity index (χ2n) is 6.14. The van der Waals surface area contributed by atoms with Crippen molar-refractivity contribution < 1.29 is 9.90 Å². The lowest BCUT2D eigenvalue weighted by atomic mass is 10.00. The molecule has 2 saturated carbocycles. The average Bonchev–Trinajstić information content (AvgIpc) is 3.38. The fourth-order valence-electron chi connectivity index (χ4n) is 2.94. The molecule has 110 valence electrons. The molecule has 21 heavy (non-hydrogen) atoms. The Hall–Kier alpha value is -1.79. The van der Waals surface area contributed by atoms with E-state index in [1.807, 2.05) is 24.3 Å². The lowest BCUT2D eigenvalue weighted by molar-refractivity contribution is 0.0942. The van der Waals surface area contributed by atoms with Gasteiger partial charge in [0.25, 0.3) is 5.91 Å². The zero-order valence-electron chi connectivity index (χ0n) is 12.2. The Labute approximate surface area is 125 Å². The van der Waals surface area contributed by atoms with Crippen LogP contribution in [0.15, 0.2) is 24.3 Å². The van der Waals surface area contributed by atoms with Gasteiger partial charge in [-0.1, -0.05) is 24.0 Å². The van der Waals surface area contributed by atoms with Gasteiger partial charge in [0.05, 0.1) is 12.2 Å². The molecular formula is C18H21NO2. The molecule has 1 aromatic rings. The predicted molar refractivity (Wildman–Crippen MR) is 81.7 cm³/mol. The summed E-state index contributed by atoms with van der Waals surface area (Å²) in [7, 11) is 0. The lowest BCUT2D eigenvalue weighted by Crippen LogP contribution is -2.31. The van der Waals surface area contributed by atoms with E-state index in [-0.39, 0.29) is 12.5 Å². The van der Waals surface area contributed by atoms with Gasteiger partial charge in [-0.25, -0.2) is 0 Å². The van der Waals surface area contributed by atoms with E-state index >= 15 is 0 Å². The van der Waals surface area contributed by atoms with Crippen molar-refractivity contribution in [3.8, 4) is 11.8 Å². The van der Waals surface area contributed by atoms with Crippen LogP contribution in [0.2, 0.25) is 0 Å². The van der Waals surface area contributed by atoms with Gasteiger partial charge in [0.1, 0.15) is 0 Å². The maximum absolute atomic E-state index is 12.4. The van der Waals surface area contributed by atoms with Crippen molar-refractivity contribution in [3.63, 3.8) is 0 Å². The summed E-state index contributed by atoms with van der Waals surface area (Å²) in [6, 6.07) is 7.41. The SMILES string of the molecule is O=C(NCC1(C2CC2)CC1)c1ccccc1C#CCCO. The summed E-state index contributed by atoms with van der Waals surface area (Å²) in [4.78, 5) is 12.4. The van der Waals surface area contributed by atoms with E-state index in [9.17, 15) is 4.79 Å². The Morgan fingerprint density at radius 3 is 2.76 bits per heavy atom. The van der Waals surface area contributed by atoms with Gasteiger partial charge in [0, 0.05) is 18.5 Å². The number of nitrogens with one attached hydrogen (secondary N) is 1. The van der Waals surface area contributed by atoms with Crippen LogP contribution in [0.5, 0.6) is 0 Å². The van der Waals surface area contributed by atoms with E-state index in [2.05, 4.69) is 17.2 Å². The molecule has 2 aliphatic carbocycles. The lowest BCUT2D eigenvalue weighted by Gasteiger charge is -2.15. The highest BCUT2D eigenvalue weighted by Crippen LogP contribution is 2.60. The summed E-state index contributed by atoms with van der Waals surface area (Å²) in [6.45, 7) is 0.847. The van der Waals surface area contributed by atoms with Crippen molar-refractivity contribution in [2.75, 3.05) is 13.2 Å². The van der Waals surface area contributed by atoms with Crippen LogP contribution in [0.4, 0.5) is 0 Å². The van der Waals surface area contributed by atoms with Crippen molar-refractivity contribution >= 4 is 5.91 Å². The number of aliphatic hydroxyl groups excluding tert-OH is 1. The van der Waals surface area contributed by atoms with Crippen LogP contribution in [0.25, 0.3) is 0 Å². The first-order valence-corrected chi connectivity index (χ1v) is 7.72. The van der Waals surface area contributed by atoms with Gasteiger partial charge in [-0.3, -0.25) is 4.79 Å². The minimum Gasteiger partial charge on any atom is -0.395 e. The van der Waals surface area contributed by atoms with E-state index in [1.54, 1.807) is 0 Å². The van der Waals surface area contributed by atoms with E-state index in [4.69, 9.17) is 5.11 Å². The second kappa shape index (κ2) is 5.91. The van der Waals surface area contributed by atoms with E-state index in [0.717, 1.165) is 18.0 Å². The molecule has 3 heteroatoms. The Morgan fingerprint density at radius 1 is 1.33 bits per heavy atom. The van der Waals surface area contributed by atoms with Gasteiger partial charge >= 0.3 is 0 Å². The molecule has 1 amide bonds. The number of benzene rings is 1. The first-order valence-electron chi connectivity index (χ1n) is 7.72. The van der Waals surface area contributed by atoms with Gasteiger partial charge < -0.3 is 10.4 Å². The Bertz CT molecular complexity index is 589. The second-order valence-corrected chi connectivity index (χ2v) is 6.14. The molecule has 0 aliphatic heterocycles. The minimum atomic E-state index is -0.0316. The number of amides is 1. The Morgan fingerprint density at radius 2 is 2.10 bits per heavy atom. The highest BCUT2D eigenvalue weighted by atomic mass is 16.2. The molecule has 3 nitrogen and oxygen atoms in total. The van der Waals surface area contributed by atoms with Crippen molar-refractivity contribution in [1.82, 2.24) is 5.32 Å². The first kappa shape index (κ1) is 14.2. The number of hydrogen-bond donors (Lipinski definition) is 2. The van der Waals surface area contributed by atoms with Gasteiger partial charge in [-0.2, -0.15) is 0 Å². The highest BCUT2D eigenvalue weighted by Gasteiger charge is 2.53. The molecule has 2 N–H and O–H groups in total. The summed E-state index contributed by atoms with van der Waals surface area (Å²) < 4.78 is 0. The summed E-state index contributed by atoms with van der Waals surface area (Å²) in [5.74, 6) is 6.66. The monoisotopic (exact) mass is 283 g/mol. The summed E-state index contributed by atoms with van der Waals surface area (Å²) in [5.41, 5.74) is 1.78. The topological polar surface area (TPSA) is 49.3 Å². The molecule has 0 atom stereocenters. The fraction of sp³-hybridized carbons (Fsp3) is 0.500. The number of carbonyl (C=O) groups is 1. The van der Waals surface area contributed by atoms with Crippen molar-refractivity contribution in [3.05, 3.63) is 35.4 Å². The number of aliphatic hydroxyl groups is 1. The third kappa shape index (κ3) is 3.28. The molecule has 2 fully saturated rings. The van der Waals surface area contributed by atoms with Gasteiger partial charge in [-0.15, -0.1) is 0 Å². The van der Waals surface area contributed by atoms with Crippen molar-refractivity contribution in [2.24, 2.45) is 11.3 Å².